The van der Waals surface area contributed by atoms with Crippen molar-refractivity contribution in [2.75, 3.05) is 7.11 Å². The smallest absolute Gasteiger partial charge is 0.313 e. The van der Waals surface area contributed by atoms with Crippen molar-refractivity contribution in [2.24, 2.45) is 0 Å². The molecule has 0 aliphatic heterocycles. The Labute approximate surface area is 185 Å². The van der Waals surface area contributed by atoms with Gasteiger partial charge in [0.2, 0.25) is 5.78 Å². The van der Waals surface area contributed by atoms with Gasteiger partial charge in [-0.2, -0.15) is 0 Å². The number of hydrogen-bond donors (Lipinski definition) is 0. The normalized spacial score (nSPS) is 11.9. The van der Waals surface area contributed by atoms with Crippen molar-refractivity contribution in [3.05, 3.63) is 75.6 Å². The monoisotopic (exact) mass is 442 g/mol. The van der Waals surface area contributed by atoms with Crippen LogP contribution in [0.3, 0.4) is 0 Å². The Balaban J connectivity index is 2.03. The Morgan fingerprint density at radius 2 is 1.60 bits per heavy atom. The van der Waals surface area contributed by atoms with Crippen molar-refractivity contribution in [2.45, 2.75) is 32.8 Å². The number of thiophene rings is 1. The molecule has 0 spiro atoms. The molecule has 2 aromatic carbocycles. The fraction of sp³-hybridized carbons (Fsp3) is 0.250. The van der Waals surface area contributed by atoms with E-state index in [1.54, 1.807) is 56.5 Å². The van der Waals surface area contributed by atoms with Gasteiger partial charge in [0.1, 0.15) is 5.75 Å². The second kappa shape index (κ2) is 9.45. The highest BCUT2D eigenvalue weighted by Gasteiger charge is 2.26. The number of hydrogen-bond acceptors (Lipinski definition) is 5. The van der Waals surface area contributed by atoms with E-state index >= 15 is 0 Å². The van der Waals surface area contributed by atoms with Crippen LogP contribution in [0.4, 0.5) is 0 Å². The van der Waals surface area contributed by atoms with Gasteiger partial charge in [0.25, 0.3) is 0 Å². The predicted octanol–water partition coefficient (Wildman–Crippen LogP) is 6.36. The highest BCUT2D eigenvalue weighted by Crippen LogP contribution is 2.39. The maximum absolute atomic E-state index is 13.1. The summed E-state index contributed by atoms with van der Waals surface area (Å²) in [6.45, 7) is 5.43. The molecule has 3 rings (SSSR count). The number of rotatable bonds is 7. The van der Waals surface area contributed by atoms with Crippen LogP contribution in [0.2, 0.25) is 5.02 Å². The number of benzene rings is 2. The summed E-state index contributed by atoms with van der Waals surface area (Å²) in [6.07, 6.45) is -0.210. The molecule has 0 fully saturated rings. The maximum Gasteiger partial charge on any atom is 0.313 e. The van der Waals surface area contributed by atoms with Crippen LogP contribution >= 0.6 is 22.9 Å². The van der Waals surface area contributed by atoms with E-state index in [-0.39, 0.29) is 17.9 Å². The quantitative estimate of drug-likeness (QED) is 0.315. The molecule has 4 nitrogen and oxygen atoms in total. The van der Waals surface area contributed by atoms with E-state index in [1.807, 2.05) is 26.0 Å². The van der Waals surface area contributed by atoms with Gasteiger partial charge in [0.15, 0.2) is 0 Å². The second-order valence-electron chi connectivity index (χ2n) is 7.17. The number of ketones is 1. The molecule has 0 saturated carbocycles. The van der Waals surface area contributed by atoms with Crippen LogP contribution in [0.15, 0.2) is 54.6 Å². The molecule has 1 heterocycles. The van der Waals surface area contributed by atoms with Gasteiger partial charge < -0.3 is 9.47 Å². The summed E-state index contributed by atoms with van der Waals surface area (Å²) in [5.41, 5.74) is 2.23. The summed E-state index contributed by atoms with van der Waals surface area (Å²) in [4.78, 5) is 27.1. The topological polar surface area (TPSA) is 52.6 Å². The first-order chi connectivity index (χ1) is 14.3. The number of methoxy groups -OCH3 is 1. The van der Waals surface area contributed by atoms with Crippen molar-refractivity contribution in [1.29, 1.82) is 0 Å². The van der Waals surface area contributed by atoms with Crippen LogP contribution in [-0.4, -0.2) is 25.0 Å². The van der Waals surface area contributed by atoms with E-state index in [1.165, 1.54) is 11.3 Å². The summed E-state index contributed by atoms with van der Waals surface area (Å²) >= 11 is 7.40. The average molecular weight is 443 g/mol. The van der Waals surface area contributed by atoms with Crippen molar-refractivity contribution < 1.29 is 19.1 Å². The first kappa shape index (κ1) is 22.1. The van der Waals surface area contributed by atoms with Gasteiger partial charge in [-0.15, -0.1) is 11.3 Å². The van der Waals surface area contributed by atoms with Crippen LogP contribution in [0.1, 0.15) is 47.5 Å². The van der Waals surface area contributed by atoms with Crippen LogP contribution in [0, 0.1) is 0 Å². The molecule has 1 atom stereocenters. The van der Waals surface area contributed by atoms with Gasteiger partial charge in [0.05, 0.1) is 24.0 Å². The van der Waals surface area contributed by atoms with Crippen molar-refractivity contribution in [1.82, 2.24) is 0 Å². The number of ether oxygens (including phenoxy) is 2. The Bertz CT molecular complexity index is 1040. The summed E-state index contributed by atoms with van der Waals surface area (Å²) in [6, 6.07) is 16.1. The SMILES string of the molecule is COc1ccc(C(=O)c2cc(C(C)C(=O)OC(C)C)c(-c3ccc(Cl)cc3)s2)cc1. The Kier molecular flexibility index (Phi) is 6.95. The van der Waals surface area contributed by atoms with E-state index in [9.17, 15) is 9.59 Å². The highest BCUT2D eigenvalue weighted by molar-refractivity contribution is 7.17. The van der Waals surface area contributed by atoms with Crippen molar-refractivity contribution >= 4 is 34.7 Å². The molecular weight excluding hydrogens is 420 g/mol. The molecule has 1 unspecified atom stereocenters. The lowest BCUT2D eigenvalue weighted by molar-refractivity contribution is -0.148. The molecule has 1 aromatic heterocycles. The fourth-order valence-electron chi connectivity index (χ4n) is 3.01. The van der Waals surface area contributed by atoms with Crippen LogP contribution in [0.5, 0.6) is 5.75 Å². The number of carbonyl (C=O) groups excluding carboxylic acids is 2. The van der Waals surface area contributed by atoms with Gasteiger partial charge in [-0.3, -0.25) is 9.59 Å². The van der Waals surface area contributed by atoms with Crippen LogP contribution in [0.25, 0.3) is 10.4 Å². The zero-order valence-corrected chi connectivity index (χ0v) is 18.8. The van der Waals surface area contributed by atoms with E-state index in [2.05, 4.69) is 0 Å². The van der Waals surface area contributed by atoms with Crippen LogP contribution in [-0.2, 0) is 9.53 Å². The molecule has 156 valence electrons. The van der Waals surface area contributed by atoms with Crippen molar-refractivity contribution in [3.63, 3.8) is 0 Å². The molecule has 0 N–H and O–H groups in total. The molecule has 0 radical (unpaired) electrons. The van der Waals surface area contributed by atoms with E-state index < -0.39 is 5.92 Å². The van der Waals surface area contributed by atoms with E-state index in [0.29, 0.717) is 21.2 Å². The Hall–Kier alpha value is -2.63. The Morgan fingerprint density at radius 3 is 2.17 bits per heavy atom. The third-order valence-electron chi connectivity index (χ3n) is 4.62. The van der Waals surface area contributed by atoms with Crippen LogP contribution < -0.4 is 4.74 Å². The number of halogens is 1. The number of esters is 1. The minimum atomic E-state index is -0.508. The molecule has 0 saturated heterocycles. The largest absolute Gasteiger partial charge is 0.497 e. The first-order valence-corrected chi connectivity index (χ1v) is 10.8. The summed E-state index contributed by atoms with van der Waals surface area (Å²) < 4.78 is 10.6. The lowest BCUT2D eigenvalue weighted by atomic mass is 9.97. The molecule has 6 heteroatoms. The molecule has 30 heavy (non-hydrogen) atoms. The van der Waals surface area contributed by atoms with Gasteiger partial charge in [-0.25, -0.2) is 0 Å². The molecular formula is C24H23ClO4S. The first-order valence-electron chi connectivity index (χ1n) is 9.59. The summed E-state index contributed by atoms with van der Waals surface area (Å²) in [5.74, 6) is -0.243. The summed E-state index contributed by atoms with van der Waals surface area (Å²) in [7, 11) is 1.58. The third-order valence-corrected chi connectivity index (χ3v) is 6.07. The minimum absolute atomic E-state index is 0.103. The lowest BCUT2D eigenvalue weighted by Crippen LogP contribution is -2.17. The highest BCUT2D eigenvalue weighted by atomic mass is 35.5. The minimum Gasteiger partial charge on any atom is -0.497 e. The third kappa shape index (κ3) is 4.91. The zero-order chi connectivity index (χ0) is 21.8. The molecule has 0 aliphatic carbocycles. The van der Waals surface area contributed by atoms with Gasteiger partial charge in [-0.05, 0) is 74.4 Å². The molecule has 3 aromatic rings. The van der Waals surface area contributed by atoms with E-state index in [0.717, 1.165) is 16.0 Å². The van der Waals surface area contributed by atoms with Gasteiger partial charge >= 0.3 is 5.97 Å². The fourth-order valence-corrected chi connectivity index (χ4v) is 4.36. The second-order valence-corrected chi connectivity index (χ2v) is 8.66. The summed E-state index contributed by atoms with van der Waals surface area (Å²) in [5, 5.41) is 0.624. The Morgan fingerprint density at radius 1 is 0.967 bits per heavy atom. The van der Waals surface area contributed by atoms with Gasteiger partial charge in [0, 0.05) is 15.5 Å². The maximum atomic E-state index is 13.1. The predicted molar refractivity (Wildman–Crippen MR) is 121 cm³/mol. The number of carbonyl (C=O) groups is 2. The zero-order valence-electron chi connectivity index (χ0n) is 17.3. The van der Waals surface area contributed by atoms with Crippen molar-refractivity contribution in [3.8, 4) is 16.2 Å². The average Bonchev–Trinajstić information content (AvgIpc) is 3.18. The standard InChI is InChI=1S/C24H23ClO4S/c1-14(2)29-24(27)15(3)20-13-21(22(26)16-7-11-19(28-4)12-8-16)30-23(20)17-5-9-18(25)10-6-17/h5-15H,1-4H3. The molecule has 0 bridgehead atoms. The van der Waals surface area contributed by atoms with E-state index in [4.69, 9.17) is 21.1 Å². The lowest BCUT2D eigenvalue weighted by Gasteiger charge is -2.14. The molecule has 0 amide bonds. The van der Waals surface area contributed by atoms with Gasteiger partial charge in [-0.1, -0.05) is 23.7 Å². The molecule has 0 aliphatic rings.